The van der Waals surface area contributed by atoms with Crippen LogP contribution < -0.4 is 5.73 Å². The maximum atomic E-state index is 12.2. The number of ether oxygens (including phenoxy) is 1. The summed E-state index contributed by atoms with van der Waals surface area (Å²) in [4.78, 5) is 25.7. The van der Waals surface area contributed by atoms with Crippen molar-refractivity contribution in [2.45, 2.75) is 46.1 Å². The van der Waals surface area contributed by atoms with E-state index in [1.807, 2.05) is 13.8 Å². The molecule has 0 spiro atoms. The number of carbonyl (C=O) groups is 2. The first kappa shape index (κ1) is 16.0. The number of nitrogens with two attached hydrogens (primary N) is 1. The molecular weight excluding hydrogens is 244 g/mol. The maximum Gasteiger partial charge on any atom is 0.310 e. The minimum Gasteiger partial charge on any atom is -0.466 e. The molecule has 2 atom stereocenters. The van der Waals surface area contributed by atoms with E-state index >= 15 is 0 Å². The first-order chi connectivity index (χ1) is 8.95. The van der Waals surface area contributed by atoms with Crippen molar-refractivity contribution in [3.8, 4) is 0 Å². The summed E-state index contributed by atoms with van der Waals surface area (Å²) in [6.45, 7) is 7.41. The van der Waals surface area contributed by atoms with Crippen molar-refractivity contribution in [3.05, 3.63) is 0 Å². The lowest BCUT2D eigenvalue weighted by molar-refractivity contribution is -0.151. The Labute approximate surface area is 115 Å². The van der Waals surface area contributed by atoms with E-state index in [0.717, 1.165) is 12.8 Å². The van der Waals surface area contributed by atoms with Gasteiger partial charge in [0.15, 0.2) is 0 Å². The zero-order valence-corrected chi connectivity index (χ0v) is 12.2. The zero-order valence-electron chi connectivity index (χ0n) is 12.2. The van der Waals surface area contributed by atoms with Crippen molar-refractivity contribution >= 4 is 11.9 Å². The summed E-state index contributed by atoms with van der Waals surface area (Å²) >= 11 is 0. The highest BCUT2D eigenvalue weighted by Crippen LogP contribution is 2.19. The van der Waals surface area contributed by atoms with Crippen molar-refractivity contribution in [1.82, 2.24) is 4.90 Å². The molecule has 0 aromatic heterocycles. The number of likely N-dealkylation sites (tertiary alicyclic amines) is 1. The van der Waals surface area contributed by atoms with Crippen molar-refractivity contribution in [3.63, 3.8) is 0 Å². The molecule has 110 valence electrons. The van der Waals surface area contributed by atoms with Gasteiger partial charge < -0.3 is 15.4 Å². The zero-order chi connectivity index (χ0) is 14.4. The van der Waals surface area contributed by atoms with Crippen LogP contribution in [0.15, 0.2) is 0 Å². The lowest BCUT2D eigenvalue weighted by atomic mass is 9.96. The van der Waals surface area contributed by atoms with Crippen LogP contribution in [0.2, 0.25) is 0 Å². The number of esters is 1. The summed E-state index contributed by atoms with van der Waals surface area (Å²) in [5.74, 6) is -0.0337. The molecule has 1 aliphatic heterocycles. The molecule has 0 saturated carbocycles. The van der Waals surface area contributed by atoms with E-state index in [-0.39, 0.29) is 17.8 Å². The Kier molecular flexibility index (Phi) is 6.28. The van der Waals surface area contributed by atoms with Crippen molar-refractivity contribution in [1.29, 1.82) is 0 Å². The molecule has 1 heterocycles. The Morgan fingerprint density at radius 3 is 2.68 bits per heavy atom. The lowest BCUT2D eigenvalue weighted by Crippen LogP contribution is -2.49. The summed E-state index contributed by atoms with van der Waals surface area (Å²) in [7, 11) is 0. The van der Waals surface area contributed by atoms with Gasteiger partial charge in [0.2, 0.25) is 5.91 Å². The molecule has 2 N–H and O–H groups in total. The smallest absolute Gasteiger partial charge is 0.310 e. The Morgan fingerprint density at radius 2 is 2.11 bits per heavy atom. The van der Waals surface area contributed by atoms with Gasteiger partial charge in [0.05, 0.1) is 18.6 Å². The van der Waals surface area contributed by atoms with E-state index in [2.05, 4.69) is 0 Å². The lowest BCUT2D eigenvalue weighted by Gasteiger charge is -2.33. The molecule has 1 aliphatic rings. The fraction of sp³-hybridized carbons (Fsp3) is 0.857. The number of amides is 1. The minimum atomic E-state index is -0.457. The molecule has 1 fully saturated rings. The van der Waals surface area contributed by atoms with Gasteiger partial charge >= 0.3 is 5.97 Å². The molecular formula is C14H26N2O3. The fourth-order valence-corrected chi connectivity index (χ4v) is 2.47. The molecule has 1 saturated heterocycles. The summed E-state index contributed by atoms with van der Waals surface area (Å²) in [5, 5.41) is 0. The van der Waals surface area contributed by atoms with Crippen LogP contribution in [0.3, 0.4) is 0 Å². The first-order valence-corrected chi connectivity index (χ1v) is 7.16. The van der Waals surface area contributed by atoms with E-state index in [9.17, 15) is 9.59 Å². The number of piperidine rings is 1. The normalized spacial score (nSPS) is 21.3. The Balaban J connectivity index is 2.54. The Morgan fingerprint density at radius 1 is 1.42 bits per heavy atom. The largest absolute Gasteiger partial charge is 0.466 e. The predicted octanol–water partition coefficient (Wildman–Crippen LogP) is 1.16. The number of hydrogen-bond donors (Lipinski definition) is 1. The molecule has 19 heavy (non-hydrogen) atoms. The van der Waals surface area contributed by atoms with E-state index in [4.69, 9.17) is 10.5 Å². The minimum absolute atomic E-state index is 0.0392. The maximum absolute atomic E-state index is 12.2. The van der Waals surface area contributed by atoms with Crippen LogP contribution in [0.5, 0.6) is 0 Å². The van der Waals surface area contributed by atoms with Crippen LogP contribution in [-0.4, -0.2) is 42.5 Å². The van der Waals surface area contributed by atoms with E-state index in [1.165, 1.54) is 0 Å². The van der Waals surface area contributed by atoms with E-state index in [1.54, 1.807) is 11.8 Å². The van der Waals surface area contributed by atoms with Crippen LogP contribution in [0.25, 0.3) is 0 Å². The SMILES string of the molecule is CCOC(=O)C1CCCN(C(=O)[C@@H](N)CC(C)C)C1. The van der Waals surface area contributed by atoms with Gasteiger partial charge in [-0.05, 0) is 32.1 Å². The van der Waals surface area contributed by atoms with Gasteiger partial charge in [0.25, 0.3) is 0 Å². The van der Waals surface area contributed by atoms with Crippen LogP contribution in [0.4, 0.5) is 0 Å². The number of hydrogen-bond acceptors (Lipinski definition) is 4. The molecule has 1 amide bonds. The molecule has 1 unspecified atom stereocenters. The average molecular weight is 270 g/mol. The van der Waals surface area contributed by atoms with E-state index < -0.39 is 6.04 Å². The summed E-state index contributed by atoms with van der Waals surface area (Å²) < 4.78 is 5.03. The summed E-state index contributed by atoms with van der Waals surface area (Å²) in [5.41, 5.74) is 5.92. The van der Waals surface area contributed by atoms with Gasteiger partial charge in [0, 0.05) is 13.1 Å². The highest BCUT2D eigenvalue weighted by Gasteiger charge is 2.31. The Bertz CT molecular complexity index is 318. The second-order valence-corrected chi connectivity index (χ2v) is 5.61. The third-order valence-electron chi connectivity index (χ3n) is 3.40. The number of rotatable bonds is 5. The van der Waals surface area contributed by atoms with Gasteiger partial charge in [-0.2, -0.15) is 0 Å². The second-order valence-electron chi connectivity index (χ2n) is 5.61. The van der Waals surface area contributed by atoms with Gasteiger partial charge in [0.1, 0.15) is 0 Å². The molecule has 0 aliphatic carbocycles. The van der Waals surface area contributed by atoms with Gasteiger partial charge in [-0.25, -0.2) is 0 Å². The summed E-state index contributed by atoms with van der Waals surface area (Å²) in [6, 6.07) is -0.457. The summed E-state index contributed by atoms with van der Waals surface area (Å²) in [6.07, 6.45) is 2.31. The third-order valence-corrected chi connectivity index (χ3v) is 3.40. The standard InChI is InChI=1S/C14H26N2O3/c1-4-19-14(18)11-6-5-7-16(9-11)13(17)12(15)8-10(2)3/h10-12H,4-9,15H2,1-3H3/t11?,12-/m0/s1. The molecule has 1 rings (SSSR count). The molecule has 5 nitrogen and oxygen atoms in total. The topological polar surface area (TPSA) is 72.6 Å². The Hall–Kier alpha value is -1.10. The van der Waals surface area contributed by atoms with Crippen LogP contribution in [0, 0.1) is 11.8 Å². The monoisotopic (exact) mass is 270 g/mol. The second kappa shape index (κ2) is 7.48. The highest BCUT2D eigenvalue weighted by atomic mass is 16.5. The first-order valence-electron chi connectivity index (χ1n) is 7.16. The highest BCUT2D eigenvalue weighted by molar-refractivity contribution is 5.82. The molecule has 0 radical (unpaired) electrons. The third kappa shape index (κ3) is 4.82. The average Bonchev–Trinajstić information content (AvgIpc) is 2.37. The van der Waals surface area contributed by atoms with Crippen LogP contribution in [-0.2, 0) is 14.3 Å². The molecule has 0 aromatic carbocycles. The fourth-order valence-electron chi connectivity index (χ4n) is 2.47. The molecule has 0 bridgehead atoms. The number of nitrogens with zero attached hydrogens (tertiary/aromatic N) is 1. The quantitative estimate of drug-likeness (QED) is 0.761. The molecule has 5 heteroatoms. The van der Waals surface area contributed by atoms with Crippen LogP contribution >= 0.6 is 0 Å². The van der Waals surface area contributed by atoms with Gasteiger partial charge in [-0.1, -0.05) is 13.8 Å². The van der Waals surface area contributed by atoms with Crippen LogP contribution in [0.1, 0.15) is 40.0 Å². The van der Waals surface area contributed by atoms with Crippen molar-refractivity contribution < 1.29 is 14.3 Å². The van der Waals surface area contributed by atoms with Gasteiger partial charge in [-0.3, -0.25) is 9.59 Å². The van der Waals surface area contributed by atoms with Crippen molar-refractivity contribution in [2.75, 3.05) is 19.7 Å². The van der Waals surface area contributed by atoms with E-state index in [0.29, 0.717) is 32.0 Å². The van der Waals surface area contributed by atoms with Gasteiger partial charge in [-0.15, -0.1) is 0 Å². The molecule has 0 aromatic rings. The predicted molar refractivity (Wildman–Crippen MR) is 73.4 cm³/mol. The van der Waals surface area contributed by atoms with Crippen molar-refractivity contribution in [2.24, 2.45) is 17.6 Å². The number of carbonyl (C=O) groups excluding carboxylic acids is 2.